The number of hydrogen-bond donors (Lipinski definition) is 0. The molecule has 0 saturated heterocycles. The third kappa shape index (κ3) is 3.53. The lowest BCUT2D eigenvalue weighted by molar-refractivity contribution is 0.0890. The third-order valence-electron chi connectivity index (χ3n) is 5.15. The van der Waals surface area contributed by atoms with Crippen LogP contribution in [0.1, 0.15) is 11.1 Å². The van der Waals surface area contributed by atoms with Gasteiger partial charge in [-0.1, -0.05) is 54.1 Å². The molecule has 144 valence electrons. The summed E-state index contributed by atoms with van der Waals surface area (Å²) in [5, 5.41) is 1.50. The maximum atomic E-state index is 12.7. The molecule has 1 aromatic heterocycles. The Morgan fingerprint density at radius 2 is 1.76 bits per heavy atom. The van der Waals surface area contributed by atoms with Crippen LogP contribution in [0.5, 0.6) is 5.75 Å². The van der Waals surface area contributed by atoms with Crippen molar-refractivity contribution in [3.05, 3.63) is 99.4 Å². The molecule has 0 aliphatic carbocycles. The van der Waals surface area contributed by atoms with Gasteiger partial charge in [0.25, 0.3) is 0 Å². The number of ether oxygens (including phenoxy) is 1. The highest BCUT2D eigenvalue weighted by Gasteiger charge is 2.22. The number of nitrogens with zero attached hydrogens (tertiary/aromatic N) is 1. The van der Waals surface area contributed by atoms with Crippen molar-refractivity contribution in [3.63, 3.8) is 0 Å². The second kappa shape index (κ2) is 7.39. The lowest BCUT2D eigenvalue weighted by Crippen LogP contribution is -2.31. The maximum Gasteiger partial charge on any atom is 0.344 e. The average Bonchev–Trinajstić information content (AvgIpc) is 2.75. The van der Waals surface area contributed by atoms with Crippen LogP contribution in [-0.2, 0) is 13.1 Å². The van der Waals surface area contributed by atoms with Crippen LogP contribution in [-0.4, -0.2) is 11.6 Å². The Balaban J connectivity index is 1.53. The van der Waals surface area contributed by atoms with Crippen LogP contribution in [0.3, 0.4) is 0 Å². The Morgan fingerprint density at radius 3 is 2.55 bits per heavy atom. The third-order valence-corrected chi connectivity index (χ3v) is 5.40. The van der Waals surface area contributed by atoms with Gasteiger partial charge >= 0.3 is 5.63 Å². The molecule has 0 fully saturated rings. The minimum atomic E-state index is -0.367. The van der Waals surface area contributed by atoms with Crippen LogP contribution < -0.4 is 10.4 Å². The summed E-state index contributed by atoms with van der Waals surface area (Å²) in [5.74, 6) is 0.768. The van der Waals surface area contributed by atoms with Crippen molar-refractivity contribution in [2.24, 2.45) is 0 Å². The molecule has 1 aliphatic heterocycles. The van der Waals surface area contributed by atoms with Gasteiger partial charge in [-0.15, -0.1) is 0 Å². The number of hydrogen-bond acceptors (Lipinski definition) is 4. The fraction of sp³-hybridized carbons (Fsp3) is 0.125. The Morgan fingerprint density at radius 1 is 0.966 bits per heavy atom. The van der Waals surface area contributed by atoms with Gasteiger partial charge < -0.3 is 9.15 Å². The molecule has 5 rings (SSSR count). The second-order valence-corrected chi connectivity index (χ2v) is 7.60. The summed E-state index contributed by atoms with van der Waals surface area (Å²) in [6.07, 6.45) is 0. The van der Waals surface area contributed by atoms with Crippen molar-refractivity contribution < 1.29 is 9.15 Å². The van der Waals surface area contributed by atoms with E-state index >= 15 is 0 Å². The van der Waals surface area contributed by atoms with E-state index in [1.54, 1.807) is 12.1 Å². The summed E-state index contributed by atoms with van der Waals surface area (Å²) in [7, 11) is 0. The highest BCUT2D eigenvalue weighted by atomic mass is 35.5. The molecule has 0 amide bonds. The molecule has 0 spiro atoms. The Hall–Kier alpha value is -3.08. The van der Waals surface area contributed by atoms with E-state index in [0.717, 1.165) is 28.8 Å². The lowest BCUT2D eigenvalue weighted by Gasteiger charge is -2.29. The van der Waals surface area contributed by atoms with Crippen molar-refractivity contribution in [1.29, 1.82) is 0 Å². The van der Waals surface area contributed by atoms with Crippen molar-refractivity contribution in [3.8, 4) is 16.9 Å². The first-order chi connectivity index (χ1) is 14.2. The van der Waals surface area contributed by atoms with E-state index in [4.69, 9.17) is 20.8 Å². The number of fused-ring (bicyclic) bond motifs is 3. The van der Waals surface area contributed by atoms with Gasteiger partial charge in [-0.25, -0.2) is 4.79 Å². The normalized spacial score (nSPS) is 13.8. The van der Waals surface area contributed by atoms with Gasteiger partial charge in [-0.05, 0) is 41.5 Å². The van der Waals surface area contributed by atoms with Crippen LogP contribution in [0.2, 0.25) is 5.02 Å². The SMILES string of the molecule is O=c1oc2c3c(ccc2cc1-c1ccc(Cl)cc1)OCN(Cc1ccccc1)C3. The van der Waals surface area contributed by atoms with Crippen LogP contribution in [0.15, 0.2) is 82.0 Å². The average molecular weight is 404 g/mol. The molecule has 0 saturated carbocycles. The zero-order valence-corrected chi connectivity index (χ0v) is 16.4. The van der Waals surface area contributed by atoms with Crippen molar-refractivity contribution in [2.45, 2.75) is 13.1 Å². The second-order valence-electron chi connectivity index (χ2n) is 7.16. The molecule has 0 unspecified atom stereocenters. The minimum Gasteiger partial charge on any atom is -0.478 e. The van der Waals surface area contributed by atoms with Gasteiger partial charge in [0, 0.05) is 23.5 Å². The van der Waals surface area contributed by atoms with E-state index in [0.29, 0.717) is 29.4 Å². The molecule has 1 aliphatic rings. The van der Waals surface area contributed by atoms with Gasteiger partial charge in [0.15, 0.2) is 0 Å². The molecular formula is C24H18ClNO3. The molecule has 29 heavy (non-hydrogen) atoms. The van der Waals surface area contributed by atoms with E-state index in [-0.39, 0.29) is 5.63 Å². The molecule has 0 atom stereocenters. The van der Waals surface area contributed by atoms with Crippen molar-refractivity contribution in [1.82, 2.24) is 4.90 Å². The van der Waals surface area contributed by atoms with Crippen LogP contribution in [0.25, 0.3) is 22.1 Å². The predicted molar refractivity (Wildman–Crippen MR) is 114 cm³/mol. The molecule has 4 nitrogen and oxygen atoms in total. The number of halogens is 1. The highest BCUT2D eigenvalue weighted by molar-refractivity contribution is 6.30. The fourth-order valence-corrected chi connectivity index (χ4v) is 3.84. The standard InChI is InChI=1S/C24H18ClNO3/c25-19-9-6-17(7-10-19)20-12-18-8-11-22-21(23(18)29-24(20)27)14-26(15-28-22)13-16-4-2-1-3-5-16/h1-12H,13-15H2. The zero-order valence-electron chi connectivity index (χ0n) is 15.6. The van der Waals surface area contributed by atoms with E-state index in [1.165, 1.54) is 5.56 Å². The molecule has 0 N–H and O–H groups in total. The molecule has 4 aromatic rings. The summed E-state index contributed by atoms with van der Waals surface area (Å²) in [5.41, 5.74) is 3.64. The summed E-state index contributed by atoms with van der Waals surface area (Å²) < 4.78 is 11.7. The topological polar surface area (TPSA) is 42.7 Å². The minimum absolute atomic E-state index is 0.367. The zero-order chi connectivity index (χ0) is 19.8. The van der Waals surface area contributed by atoms with Crippen LogP contribution in [0.4, 0.5) is 0 Å². The van der Waals surface area contributed by atoms with Gasteiger partial charge in [0.1, 0.15) is 18.1 Å². The lowest BCUT2D eigenvalue weighted by atomic mass is 10.0. The smallest absolute Gasteiger partial charge is 0.344 e. The molecule has 3 aromatic carbocycles. The monoisotopic (exact) mass is 403 g/mol. The first kappa shape index (κ1) is 18.0. The van der Waals surface area contributed by atoms with E-state index in [2.05, 4.69) is 17.0 Å². The summed E-state index contributed by atoms with van der Waals surface area (Å²) >= 11 is 5.96. The van der Waals surface area contributed by atoms with E-state index in [1.807, 2.05) is 48.5 Å². The van der Waals surface area contributed by atoms with Gasteiger partial charge in [0.2, 0.25) is 0 Å². The van der Waals surface area contributed by atoms with E-state index in [9.17, 15) is 4.79 Å². The molecule has 0 radical (unpaired) electrons. The number of rotatable bonds is 3. The van der Waals surface area contributed by atoms with Crippen LogP contribution in [0, 0.1) is 0 Å². The van der Waals surface area contributed by atoms with Gasteiger partial charge in [-0.3, -0.25) is 4.90 Å². The fourth-order valence-electron chi connectivity index (χ4n) is 3.71. The molecule has 2 heterocycles. The first-order valence-corrected chi connectivity index (χ1v) is 9.80. The van der Waals surface area contributed by atoms with E-state index < -0.39 is 0 Å². The Labute approximate surface area is 172 Å². The maximum absolute atomic E-state index is 12.7. The Kier molecular flexibility index (Phi) is 4.58. The molecule has 0 bridgehead atoms. The Bertz CT molecular complexity index is 1230. The molecular weight excluding hydrogens is 386 g/mol. The first-order valence-electron chi connectivity index (χ1n) is 9.42. The van der Waals surface area contributed by atoms with Crippen LogP contribution >= 0.6 is 11.6 Å². The summed E-state index contributed by atoms with van der Waals surface area (Å²) in [4.78, 5) is 14.9. The summed E-state index contributed by atoms with van der Waals surface area (Å²) in [6.45, 7) is 1.93. The van der Waals surface area contributed by atoms with Gasteiger partial charge in [-0.2, -0.15) is 0 Å². The highest BCUT2D eigenvalue weighted by Crippen LogP contribution is 2.33. The summed E-state index contributed by atoms with van der Waals surface area (Å²) in [6, 6.07) is 23.2. The quantitative estimate of drug-likeness (QED) is 0.426. The van der Waals surface area contributed by atoms with Gasteiger partial charge in [0.05, 0.1) is 11.1 Å². The van der Waals surface area contributed by atoms with Crippen molar-refractivity contribution in [2.75, 3.05) is 6.73 Å². The number of benzene rings is 3. The predicted octanol–water partition coefficient (Wildman–Crippen LogP) is 5.47. The largest absolute Gasteiger partial charge is 0.478 e. The molecule has 5 heteroatoms. The van der Waals surface area contributed by atoms with Crippen molar-refractivity contribution >= 4 is 22.6 Å².